The Morgan fingerprint density at radius 1 is 1.20 bits per heavy atom. The number of aliphatic hydroxyl groups excluding tert-OH is 1. The Hall–Kier alpha value is -2.61. The van der Waals surface area contributed by atoms with Crippen LogP contribution in [0.2, 0.25) is 0 Å². The first kappa shape index (κ1) is 17.2. The van der Waals surface area contributed by atoms with Crippen LogP contribution in [0.25, 0.3) is 22.2 Å². The summed E-state index contributed by atoms with van der Waals surface area (Å²) in [6.07, 6.45) is -2.32. The van der Waals surface area contributed by atoms with E-state index in [4.69, 9.17) is 0 Å². The summed E-state index contributed by atoms with van der Waals surface area (Å²) in [4.78, 5) is 10.8. The van der Waals surface area contributed by atoms with Gasteiger partial charge in [0.1, 0.15) is 5.56 Å². The van der Waals surface area contributed by atoms with Crippen LogP contribution in [0.1, 0.15) is 19.4 Å². The zero-order valence-electron chi connectivity index (χ0n) is 13.6. The quantitative estimate of drug-likeness (QED) is 0.669. The van der Waals surface area contributed by atoms with Gasteiger partial charge in [-0.3, -0.25) is 0 Å². The SMILES string of the molecule is CC(C)(CO)Nc1ncc(C(F)(F)F)c(-c2c[nH]c3ccccc23)n1. The van der Waals surface area contributed by atoms with E-state index in [1.165, 1.54) is 6.20 Å². The van der Waals surface area contributed by atoms with E-state index >= 15 is 0 Å². The lowest BCUT2D eigenvalue weighted by Gasteiger charge is -2.24. The molecule has 2 heterocycles. The molecule has 3 rings (SSSR count). The van der Waals surface area contributed by atoms with E-state index in [0.29, 0.717) is 10.9 Å². The van der Waals surface area contributed by atoms with Crippen LogP contribution < -0.4 is 5.32 Å². The fourth-order valence-corrected chi connectivity index (χ4v) is 2.46. The second-order valence-electron chi connectivity index (χ2n) is 6.37. The van der Waals surface area contributed by atoms with Gasteiger partial charge in [-0.05, 0) is 19.9 Å². The molecule has 0 amide bonds. The number of aromatic amines is 1. The highest BCUT2D eigenvalue weighted by Gasteiger charge is 2.36. The first-order chi connectivity index (χ1) is 11.7. The minimum atomic E-state index is -4.58. The number of hydrogen-bond donors (Lipinski definition) is 3. The minimum absolute atomic E-state index is 0.0207. The molecule has 3 N–H and O–H groups in total. The van der Waals surface area contributed by atoms with Gasteiger partial charge in [0.15, 0.2) is 0 Å². The first-order valence-corrected chi connectivity index (χ1v) is 7.61. The van der Waals surface area contributed by atoms with Gasteiger partial charge in [0.2, 0.25) is 5.95 Å². The maximum absolute atomic E-state index is 13.4. The average Bonchev–Trinajstić information content (AvgIpc) is 2.97. The van der Waals surface area contributed by atoms with E-state index in [0.717, 1.165) is 11.7 Å². The van der Waals surface area contributed by atoms with Crippen LogP contribution in [-0.2, 0) is 6.18 Å². The van der Waals surface area contributed by atoms with Crippen molar-refractivity contribution < 1.29 is 18.3 Å². The van der Waals surface area contributed by atoms with Gasteiger partial charge in [0, 0.05) is 28.9 Å². The number of rotatable bonds is 4. The van der Waals surface area contributed by atoms with Crippen molar-refractivity contribution in [2.24, 2.45) is 0 Å². The highest BCUT2D eigenvalue weighted by Crippen LogP contribution is 2.38. The molecule has 0 aliphatic carbocycles. The van der Waals surface area contributed by atoms with Crippen molar-refractivity contribution in [3.05, 3.63) is 42.2 Å². The van der Waals surface area contributed by atoms with Crippen molar-refractivity contribution in [2.45, 2.75) is 25.6 Å². The van der Waals surface area contributed by atoms with Crippen LogP contribution >= 0.6 is 0 Å². The van der Waals surface area contributed by atoms with Gasteiger partial charge >= 0.3 is 6.18 Å². The third-order valence-electron chi connectivity index (χ3n) is 3.78. The molecule has 0 spiro atoms. The molecule has 5 nitrogen and oxygen atoms in total. The monoisotopic (exact) mass is 350 g/mol. The second kappa shape index (κ2) is 6.03. The number of fused-ring (bicyclic) bond motifs is 1. The second-order valence-corrected chi connectivity index (χ2v) is 6.37. The largest absolute Gasteiger partial charge is 0.419 e. The van der Waals surface area contributed by atoms with Crippen molar-refractivity contribution in [1.29, 1.82) is 0 Å². The molecule has 0 radical (unpaired) electrons. The Kier molecular flexibility index (Phi) is 4.16. The highest BCUT2D eigenvalue weighted by atomic mass is 19.4. The summed E-state index contributed by atoms with van der Waals surface area (Å²) in [6.45, 7) is 3.17. The maximum atomic E-state index is 13.4. The van der Waals surface area contributed by atoms with Gasteiger partial charge in [0.25, 0.3) is 0 Å². The lowest BCUT2D eigenvalue weighted by atomic mass is 10.1. The van der Waals surface area contributed by atoms with Gasteiger partial charge in [-0.25, -0.2) is 9.97 Å². The molecular formula is C17H17F3N4O. The first-order valence-electron chi connectivity index (χ1n) is 7.61. The average molecular weight is 350 g/mol. The summed E-state index contributed by atoms with van der Waals surface area (Å²) in [7, 11) is 0. The highest BCUT2D eigenvalue weighted by molar-refractivity contribution is 5.95. The number of nitrogens with one attached hydrogen (secondary N) is 2. The van der Waals surface area contributed by atoms with E-state index in [2.05, 4.69) is 20.3 Å². The molecule has 0 aliphatic heterocycles. The standard InChI is InChI=1S/C17H17F3N4O/c1-16(2,9-25)24-15-22-8-12(17(18,19)20)14(23-15)11-7-21-13-6-4-3-5-10(11)13/h3-8,21,25H,9H2,1-2H3,(H,22,23,24). The van der Waals surface area contributed by atoms with Crippen molar-refractivity contribution in [3.63, 3.8) is 0 Å². The number of halogens is 3. The lowest BCUT2D eigenvalue weighted by molar-refractivity contribution is -0.137. The number of H-pyrrole nitrogens is 1. The molecule has 0 unspecified atom stereocenters. The third kappa shape index (κ3) is 3.43. The Balaban J connectivity index is 2.18. The molecular weight excluding hydrogens is 333 g/mol. The molecule has 8 heteroatoms. The molecule has 0 fully saturated rings. The molecule has 0 saturated carbocycles. The molecule has 3 aromatic rings. The van der Waals surface area contributed by atoms with Gasteiger partial charge in [-0.1, -0.05) is 18.2 Å². The zero-order valence-corrected chi connectivity index (χ0v) is 13.6. The third-order valence-corrected chi connectivity index (χ3v) is 3.78. The number of alkyl halides is 3. The Morgan fingerprint density at radius 3 is 2.60 bits per heavy atom. The number of para-hydroxylation sites is 1. The van der Waals surface area contributed by atoms with E-state index in [-0.39, 0.29) is 18.2 Å². The Labute approximate surface area is 141 Å². The molecule has 0 aliphatic rings. The van der Waals surface area contributed by atoms with Gasteiger partial charge in [0.05, 0.1) is 17.8 Å². The number of benzene rings is 1. The van der Waals surface area contributed by atoms with Crippen molar-refractivity contribution in [1.82, 2.24) is 15.0 Å². The summed E-state index contributed by atoms with van der Waals surface area (Å²) in [5.74, 6) is 0.0207. The predicted molar refractivity (Wildman–Crippen MR) is 89.1 cm³/mol. The van der Waals surface area contributed by atoms with Crippen LogP contribution in [-0.4, -0.2) is 32.2 Å². The van der Waals surface area contributed by atoms with E-state index in [9.17, 15) is 18.3 Å². The fraction of sp³-hybridized carbons (Fsp3) is 0.294. The van der Waals surface area contributed by atoms with E-state index in [1.807, 2.05) is 0 Å². The smallest absolute Gasteiger partial charge is 0.394 e. The summed E-state index contributed by atoms with van der Waals surface area (Å²) >= 11 is 0. The van der Waals surface area contributed by atoms with Crippen molar-refractivity contribution >= 4 is 16.9 Å². The summed E-state index contributed by atoms with van der Waals surface area (Å²) in [6, 6.07) is 7.06. The summed E-state index contributed by atoms with van der Waals surface area (Å²) < 4.78 is 40.3. The van der Waals surface area contributed by atoms with Gasteiger partial charge in [-0.15, -0.1) is 0 Å². The Bertz CT molecular complexity index is 902. The van der Waals surface area contributed by atoms with Crippen molar-refractivity contribution in [2.75, 3.05) is 11.9 Å². The van der Waals surface area contributed by atoms with Crippen LogP contribution in [0.15, 0.2) is 36.7 Å². The van der Waals surface area contributed by atoms with Gasteiger partial charge < -0.3 is 15.4 Å². The molecule has 0 bridgehead atoms. The topological polar surface area (TPSA) is 73.8 Å². The summed E-state index contributed by atoms with van der Waals surface area (Å²) in [5, 5.41) is 12.8. The predicted octanol–water partition coefficient (Wildman–Crippen LogP) is 3.83. The fourth-order valence-electron chi connectivity index (χ4n) is 2.46. The minimum Gasteiger partial charge on any atom is -0.394 e. The molecule has 0 saturated heterocycles. The van der Waals surface area contributed by atoms with Crippen LogP contribution in [0.3, 0.4) is 0 Å². The number of nitrogens with zero attached hydrogens (tertiary/aromatic N) is 2. The van der Waals surface area contributed by atoms with Crippen molar-refractivity contribution in [3.8, 4) is 11.3 Å². The van der Waals surface area contributed by atoms with E-state index < -0.39 is 17.3 Å². The molecule has 132 valence electrons. The normalized spacial score (nSPS) is 12.6. The zero-order chi connectivity index (χ0) is 18.2. The van der Waals surface area contributed by atoms with Gasteiger partial charge in [-0.2, -0.15) is 13.2 Å². The maximum Gasteiger partial charge on any atom is 0.419 e. The number of aromatic nitrogens is 3. The summed E-state index contributed by atoms with van der Waals surface area (Å²) in [5.41, 5.74) is -0.831. The van der Waals surface area contributed by atoms with Crippen LogP contribution in [0.5, 0.6) is 0 Å². The van der Waals surface area contributed by atoms with Crippen LogP contribution in [0.4, 0.5) is 19.1 Å². The number of anilines is 1. The molecule has 2 aromatic heterocycles. The van der Waals surface area contributed by atoms with Crippen LogP contribution in [0, 0.1) is 0 Å². The lowest BCUT2D eigenvalue weighted by Crippen LogP contribution is -2.35. The number of aliphatic hydroxyl groups is 1. The molecule has 25 heavy (non-hydrogen) atoms. The van der Waals surface area contributed by atoms with E-state index in [1.54, 1.807) is 38.1 Å². The number of hydrogen-bond acceptors (Lipinski definition) is 4. The molecule has 1 aromatic carbocycles. The Morgan fingerprint density at radius 2 is 1.92 bits per heavy atom. The molecule has 0 atom stereocenters.